The van der Waals surface area contributed by atoms with Crippen molar-refractivity contribution in [3.63, 3.8) is 0 Å². The third-order valence-corrected chi connectivity index (χ3v) is 3.87. The average Bonchev–Trinajstić information content (AvgIpc) is 2.20. The molecule has 0 saturated heterocycles. The number of halogens is 3. The fourth-order valence-electron chi connectivity index (χ4n) is 2.62. The Balaban J connectivity index is 2.16. The fourth-order valence-corrected chi connectivity index (χ4v) is 3.33. The Hall–Kier alpha value is -0.530. The average molecular weight is 287 g/mol. The van der Waals surface area contributed by atoms with Crippen molar-refractivity contribution in [2.75, 3.05) is 0 Å². The van der Waals surface area contributed by atoms with Gasteiger partial charge >= 0.3 is 0 Å². The van der Waals surface area contributed by atoms with E-state index in [0.29, 0.717) is 0 Å². The van der Waals surface area contributed by atoms with E-state index in [4.69, 9.17) is 23.2 Å². The van der Waals surface area contributed by atoms with Gasteiger partial charge in [0.1, 0.15) is 5.82 Å². The third kappa shape index (κ3) is 3.49. The van der Waals surface area contributed by atoms with Crippen LogP contribution in [0.1, 0.15) is 32.3 Å². The number of rotatable bonds is 2. The molecule has 0 fully saturated rings. The first kappa shape index (κ1) is 13.9. The molecule has 0 aliphatic heterocycles. The highest BCUT2D eigenvalue weighted by Crippen LogP contribution is 2.38. The Morgan fingerprint density at radius 1 is 1.39 bits per heavy atom. The Morgan fingerprint density at radius 3 is 2.72 bits per heavy atom. The van der Waals surface area contributed by atoms with Crippen LogP contribution >= 0.6 is 23.2 Å². The quantitative estimate of drug-likeness (QED) is 0.506. The summed E-state index contributed by atoms with van der Waals surface area (Å²) in [5.41, 5.74) is 2.46. The summed E-state index contributed by atoms with van der Waals surface area (Å²) in [6.45, 7) is 4.44. The van der Waals surface area contributed by atoms with E-state index in [0.717, 1.165) is 24.8 Å². The lowest BCUT2D eigenvalue weighted by Gasteiger charge is -2.32. The molecule has 0 aromatic heterocycles. The summed E-state index contributed by atoms with van der Waals surface area (Å²) in [6.07, 6.45) is 4.87. The SMILES string of the molecule is CC1(C)CC(Cc2ccc(Cl)c(F)c2)=CC(Cl)C1. The maximum absolute atomic E-state index is 13.4. The highest BCUT2D eigenvalue weighted by Gasteiger charge is 2.27. The summed E-state index contributed by atoms with van der Waals surface area (Å²) in [6, 6.07) is 4.99. The van der Waals surface area contributed by atoms with E-state index in [1.54, 1.807) is 6.07 Å². The van der Waals surface area contributed by atoms with E-state index in [1.807, 2.05) is 6.07 Å². The monoisotopic (exact) mass is 286 g/mol. The predicted octanol–water partition coefficient (Wildman–Crippen LogP) is 5.38. The normalized spacial score (nSPS) is 22.7. The van der Waals surface area contributed by atoms with Gasteiger partial charge in [0, 0.05) is 0 Å². The minimum Gasteiger partial charge on any atom is -0.205 e. The fraction of sp³-hybridized carbons (Fsp3) is 0.467. The van der Waals surface area contributed by atoms with Crippen molar-refractivity contribution in [1.82, 2.24) is 0 Å². The van der Waals surface area contributed by atoms with Gasteiger partial charge in [-0.15, -0.1) is 11.6 Å². The van der Waals surface area contributed by atoms with Crippen molar-refractivity contribution in [3.05, 3.63) is 46.3 Å². The summed E-state index contributed by atoms with van der Waals surface area (Å²) < 4.78 is 13.4. The van der Waals surface area contributed by atoms with Crippen LogP contribution in [0.15, 0.2) is 29.8 Å². The molecule has 3 heteroatoms. The molecule has 0 bridgehead atoms. The van der Waals surface area contributed by atoms with Crippen LogP contribution in [0.25, 0.3) is 0 Å². The second-order valence-corrected chi connectivity index (χ2v) is 6.78. The van der Waals surface area contributed by atoms with Crippen LogP contribution in [0, 0.1) is 11.2 Å². The number of hydrogen-bond acceptors (Lipinski definition) is 0. The van der Waals surface area contributed by atoms with Gasteiger partial charge in [0.25, 0.3) is 0 Å². The molecule has 18 heavy (non-hydrogen) atoms. The van der Waals surface area contributed by atoms with E-state index < -0.39 is 0 Å². The minimum absolute atomic E-state index is 0.0842. The number of hydrogen-bond donors (Lipinski definition) is 0. The number of alkyl halides is 1. The van der Waals surface area contributed by atoms with Crippen molar-refractivity contribution in [1.29, 1.82) is 0 Å². The maximum atomic E-state index is 13.4. The second-order valence-electron chi connectivity index (χ2n) is 5.81. The van der Waals surface area contributed by atoms with E-state index in [1.165, 1.54) is 11.6 Å². The van der Waals surface area contributed by atoms with E-state index in [9.17, 15) is 4.39 Å². The smallest absolute Gasteiger partial charge is 0.142 e. The zero-order valence-corrected chi connectivity index (χ0v) is 12.2. The topological polar surface area (TPSA) is 0 Å². The lowest BCUT2D eigenvalue weighted by Crippen LogP contribution is -2.22. The molecule has 0 nitrogen and oxygen atoms in total. The highest BCUT2D eigenvalue weighted by molar-refractivity contribution is 6.30. The molecule has 0 saturated carbocycles. The van der Waals surface area contributed by atoms with Gasteiger partial charge < -0.3 is 0 Å². The first-order chi connectivity index (χ1) is 8.35. The lowest BCUT2D eigenvalue weighted by molar-refractivity contribution is 0.320. The summed E-state index contributed by atoms with van der Waals surface area (Å²) in [4.78, 5) is 0. The molecule has 0 spiro atoms. The van der Waals surface area contributed by atoms with E-state index >= 15 is 0 Å². The molecule has 0 heterocycles. The van der Waals surface area contributed by atoms with Gasteiger partial charge in [0.05, 0.1) is 10.4 Å². The van der Waals surface area contributed by atoms with Crippen LogP contribution in [-0.2, 0) is 6.42 Å². The number of benzene rings is 1. The minimum atomic E-state index is -0.354. The van der Waals surface area contributed by atoms with Crippen LogP contribution in [0.3, 0.4) is 0 Å². The molecule has 98 valence electrons. The van der Waals surface area contributed by atoms with Crippen LogP contribution < -0.4 is 0 Å². The predicted molar refractivity (Wildman–Crippen MR) is 75.9 cm³/mol. The maximum Gasteiger partial charge on any atom is 0.142 e. The van der Waals surface area contributed by atoms with Crippen LogP contribution in [0.5, 0.6) is 0 Å². The molecule has 2 rings (SSSR count). The third-order valence-electron chi connectivity index (χ3n) is 3.28. The molecular formula is C15H17Cl2F. The Labute approximate surface area is 118 Å². The first-order valence-electron chi connectivity index (χ1n) is 6.13. The van der Waals surface area contributed by atoms with Crippen LogP contribution in [-0.4, -0.2) is 5.38 Å². The van der Waals surface area contributed by atoms with E-state index in [2.05, 4.69) is 19.9 Å². The van der Waals surface area contributed by atoms with Crippen molar-refractivity contribution >= 4 is 23.2 Å². The molecule has 1 aliphatic carbocycles. The van der Waals surface area contributed by atoms with Crippen molar-refractivity contribution in [2.45, 2.75) is 38.5 Å². The van der Waals surface area contributed by atoms with Gasteiger partial charge in [0.2, 0.25) is 0 Å². The molecular weight excluding hydrogens is 270 g/mol. The van der Waals surface area contributed by atoms with Gasteiger partial charge in [-0.1, -0.05) is 43.2 Å². The molecule has 1 atom stereocenters. The molecule has 1 unspecified atom stereocenters. The van der Waals surface area contributed by atoms with Gasteiger partial charge in [-0.25, -0.2) is 4.39 Å². The Bertz CT molecular complexity index is 477. The van der Waals surface area contributed by atoms with Crippen molar-refractivity contribution in [3.8, 4) is 0 Å². The second kappa shape index (κ2) is 5.22. The molecule has 1 aromatic carbocycles. The number of allylic oxidation sites excluding steroid dienone is 2. The zero-order valence-electron chi connectivity index (χ0n) is 10.6. The van der Waals surface area contributed by atoms with Gasteiger partial charge in [-0.2, -0.15) is 0 Å². The Kier molecular flexibility index (Phi) is 4.03. The van der Waals surface area contributed by atoms with Gasteiger partial charge in [-0.05, 0) is 42.4 Å². The van der Waals surface area contributed by atoms with Gasteiger partial charge in [0.15, 0.2) is 0 Å². The highest BCUT2D eigenvalue weighted by atomic mass is 35.5. The first-order valence-corrected chi connectivity index (χ1v) is 6.95. The summed E-state index contributed by atoms with van der Waals surface area (Å²) in [7, 11) is 0. The van der Waals surface area contributed by atoms with Crippen LogP contribution in [0.4, 0.5) is 4.39 Å². The molecule has 0 radical (unpaired) electrons. The summed E-state index contributed by atoms with van der Waals surface area (Å²) in [5.74, 6) is -0.354. The van der Waals surface area contributed by atoms with E-state index in [-0.39, 0.29) is 21.6 Å². The molecule has 1 aromatic rings. The summed E-state index contributed by atoms with van der Waals surface area (Å²) in [5, 5.41) is 0.257. The molecule has 0 N–H and O–H groups in total. The zero-order chi connectivity index (χ0) is 13.3. The molecule has 1 aliphatic rings. The van der Waals surface area contributed by atoms with Crippen molar-refractivity contribution in [2.24, 2.45) is 5.41 Å². The van der Waals surface area contributed by atoms with Crippen molar-refractivity contribution < 1.29 is 4.39 Å². The molecule has 0 amide bonds. The van der Waals surface area contributed by atoms with Gasteiger partial charge in [-0.3, -0.25) is 0 Å². The standard InChI is InChI=1S/C15H17Cl2F/c1-15(2)8-11(6-12(16)9-15)5-10-3-4-13(17)14(18)7-10/h3-4,6-7,12H,5,8-9H2,1-2H3. The lowest BCUT2D eigenvalue weighted by atomic mass is 9.76. The Morgan fingerprint density at radius 2 is 2.11 bits per heavy atom. The van der Waals surface area contributed by atoms with Crippen LogP contribution in [0.2, 0.25) is 5.02 Å². The summed E-state index contributed by atoms with van der Waals surface area (Å²) >= 11 is 11.9. The largest absolute Gasteiger partial charge is 0.205 e.